The first kappa shape index (κ1) is 16.3. The quantitative estimate of drug-likeness (QED) is 0.919. The number of nitrogens with zero attached hydrogens (tertiary/aromatic N) is 1. The maximum atomic E-state index is 12.8. The molecule has 0 aromatic heterocycles. The molecule has 1 N–H and O–H groups in total. The van der Waals surface area contributed by atoms with Crippen LogP contribution in [0.1, 0.15) is 31.9 Å². The van der Waals surface area contributed by atoms with Gasteiger partial charge in [-0.05, 0) is 24.5 Å². The van der Waals surface area contributed by atoms with Gasteiger partial charge in [0.25, 0.3) is 0 Å². The van der Waals surface area contributed by atoms with Gasteiger partial charge in [0.15, 0.2) is 0 Å². The number of hydrogen-bond acceptors (Lipinski definition) is 2. The van der Waals surface area contributed by atoms with E-state index in [0.717, 1.165) is 24.7 Å². The van der Waals surface area contributed by atoms with Crippen molar-refractivity contribution in [2.75, 3.05) is 13.1 Å². The fourth-order valence-electron chi connectivity index (χ4n) is 2.70. The second-order valence-corrected chi connectivity index (χ2v) is 6.24. The molecule has 1 fully saturated rings. The summed E-state index contributed by atoms with van der Waals surface area (Å²) in [7, 11) is 0. The van der Waals surface area contributed by atoms with E-state index in [1.54, 1.807) is 6.07 Å². The molecule has 2 unspecified atom stereocenters. The number of nitrogens with one attached hydrogen (secondary N) is 1. The molecule has 2 atom stereocenters. The van der Waals surface area contributed by atoms with Crippen LogP contribution in [0.2, 0.25) is 0 Å². The van der Waals surface area contributed by atoms with Crippen molar-refractivity contribution in [3.8, 4) is 0 Å². The molecule has 1 aliphatic rings. The molecule has 1 aromatic rings. The van der Waals surface area contributed by atoms with E-state index >= 15 is 0 Å². The zero-order chi connectivity index (χ0) is 15.6. The van der Waals surface area contributed by atoms with E-state index in [2.05, 4.69) is 31.0 Å². The molecule has 5 heteroatoms. The summed E-state index contributed by atoms with van der Waals surface area (Å²) < 4.78 is 38.3. The summed E-state index contributed by atoms with van der Waals surface area (Å²) in [5, 5.41) is 3.50. The van der Waals surface area contributed by atoms with Gasteiger partial charge in [0.05, 0.1) is 5.56 Å². The van der Waals surface area contributed by atoms with Crippen molar-refractivity contribution in [2.24, 2.45) is 5.92 Å². The highest BCUT2D eigenvalue weighted by atomic mass is 19.4. The first-order valence-corrected chi connectivity index (χ1v) is 7.41. The molecule has 1 aliphatic heterocycles. The Balaban J connectivity index is 2.09. The van der Waals surface area contributed by atoms with Gasteiger partial charge in [-0.1, -0.05) is 32.0 Å². The van der Waals surface area contributed by atoms with Gasteiger partial charge in [0, 0.05) is 31.7 Å². The van der Waals surface area contributed by atoms with Gasteiger partial charge in [-0.15, -0.1) is 0 Å². The first-order valence-electron chi connectivity index (χ1n) is 7.41. The highest BCUT2D eigenvalue weighted by molar-refractivity contribution is 5.25. The average molecular weight is 300 g/mol. The smallest absolute Gasteiger partial charge is 0.311 e. The Morgan fingerprint density at radius 2 is 2.05 bits per heavy atom. The summed E-state index contributed by atoms with van der Waals surface area (Å²) in [6.45, 7) is 8.75. The Morgan fingerprint density at radius 1 is 1.33 bits per heavy atom. The number of rotatable bonds is 3. The van der Waals surface area contributed by atoms with Crippen LogP contribution in [-0.2, 0) is 12.7 Å². The molecule has 0 bridgehead atoms. The largest absolute Gasteiger partial charge is 0.416 e. The average Bonchev–Trinajstić information content (AvgIpc) is 2.40. The van der Waals surface area contributed by atoms with Gasteiger partial charge in [0.1, 0.15) is 0 Å². The van der Waals surface area contributed by atoms with E-state index in [1.165, 1.54) is 12.1 Å². The van der Waals surface area contributed by atoms with Crippen LogP contribution in [0.15, 0.2) is 24.3 Å². The molecule has 2 rings (SSSR count). The summed E-state index contributed by atoms with van der Waals surface area (Å²) in [6.07, 6.45) is -4.27. The molecule has 0 aliphatic carbocycles. The molecule has 0 saturated carbocycles. The van der Waals surface area contributed by atoms with E-state index in [4.69, 9.17) is 0 Å². The molecule has 1 heterocycles. The van der Waals surface area contributed by atoms with Gasteiger partial charge >= 0.3 is 6.18 Å². The lowest BCUT2D eigenvalue weighted by Gasteiger charge is -2.40. The molecule has 1 aromatic carbocycles. The number of alkyl halides is 3. The summed E-state index contributed by atoms with van der Waals surface area (Å²) in [5.74, 6) is 0.515. The lowest BCUT2D eigenvalue weighted by Crippen LogP contribution is -2.56. The van der Waals surface area contributed by atoms with E-state index in [-0.39, 0.29) is 0 Å². The predicted molar refractivity (Wildman–Crippen MR) is 77.9 cm³/mol. The van der Waals surface area contributed by atoms with Gasteiger partial charge in [0.2, 0.25) is 0 Å². The van der Waals surface area contributed by atoms with Crippen molar-refractivity contribution in [2.45, 2.75) is 45.6 Å². The van der Waals surface area contributed by atoms with Gasteiger partial charge < -0.3 is 5.32 Å². The zero-order valence-electron chi connectivity index (χ0n) is 12.7. The van der Waals surface area contributed by atoms with Crippen molar-refractivity contribution in [1.82, 2.24) is 10.2 Å². The monoisotopic (exact) mass is 300 g/mol. The van der Waals surface area contributed by atoms with E-state index < -0.39 is 11.7 Å². The standard InChI is InChI=1S/C16H23F3N2/c1-11(2)15-10-21(12(3)8-20-15)9-13-5-4-6-14(7-13)16(17,18)19/h4-7,11-12,15,20H,8-10H2,1-3H3. The molecule has 0 spiro atoms. The summed E-state index contributed by atoms with van der Waals surface area (Å²) in [5.41, 5.74) is 0.157. The molecular formula is C16H23F3N2. The van der Waals surface area contributed by atoms with Gasteiger partial charge in [-0.25, -0.2) is 0 Å². The SMILES string of the molecule is CC(C)C1CN(Cc2cccc(C(F)(F)F)c2)C(C)CN1. The topological polar surface area (TPSA) is 15.3 Å². The Hall–Kier alpha value is -1.07. The fourth-order valence-corrected chi connectivity index (χ4v) is 2.70. The normalized spacial score (nSPS) is 24.5. The number of hydrogen-bond donors (Lipinski definition) is 1. The van der Waals surface area contributed by atoms with Crippen LogP contribution in [0.3, 0.4) is 0 Å². The second kappa shape index (κ2) is 6.36. The molecule has 0 radical (unpaired) electrons. The highest BCUT2D eigenvalue weighted by Gasteiger charge is 2.31. The van der Waals surface area contributed by atoms with E-state index in [0.29, 0.717) is 24.5 Å². The molecule has 21 heavy (non-hydrogen) atoms. The molecule has 0 amide bonds. The van der Waals surface area contributed by atoms with Crippen LogP contribution in [0.5, 0.6) is 0 Å². The minimum absolute atomic E-state index is 0.328. The van der Waals surface area contributed by atoms with Gasteiger partial charge in [-0.3, -0.25) is 4.90 Å². The second-order valence-electron chi connectivity index (χ2n) is 6.24. The maximum absolute atomic E-state index is 12.8. The van der Waals surface area contributed by atoms with E-state index in [1.807, 2.05) is 0 Å². The van der Waals surface area contributed by atoms with Gasteiger partial charge in [-0.2, -0.15) is 13.2 Å². The van der Waals surface area contributed by atoms with Crippen LogP contribution in [0.25, 0.3) is 0 Å². The highest BCUT2D eigenvalue weighted by Crippen LogP contribution is 2.30. The van der Waals surface area contributed by atoms with Crippen LogP contribution in [0.4, 0.5) is 13.2 Å². The van der Waals surface area contributed by atoms with Crippen molar-refractivity contribution in [3.63, 3.8) is 0 Å². The van der Waals surface area contributed by atoms with Crippen LogP contribution < -0.4 is 5.32 Å². The Labute approximate surface area is 124 Å². The number of piperazine rings is 1. The van der Waals surface area contributed by atoms with Crippen LogP contribution in [0, 0.1) is 5.92 Å². The third-order valence-electron chi connectivity index (χ3n) is 4.17. The third kappa shape index (κ3) is 4.20. The number of benzene rings is 1. The molecular weight excluding hydrogens is 277 g/mol. The lowest BCUT2D eigenvalue weighted by molar-refractivity contribution is -0.137. The molecule has 2 nitrogen and oxygen atoms in total. The Bertz CT molecular complexity index is 471. The van der Waals surface area contributed by atoms with Crippen molar-refractivity contribution in [1.29, 1.82) is 0 Å². The fraction of sp³-hybridized carbons (Fsp3) is 0.625. The minimum Gasteiger partial charge on any atom is -0.311 e. The first-order chi connectivity index (χ1) is 9.77. The van der Waals surface area contributed by atoms with Crippen molar-refractivity contribution in [3.05, 3.63) is 35.4 Å². The zero-order valence-corrected chi connectivity index (χ0v) is 12.7. The summed E-state index contributed by atoms with van der Waals surface area (Å²) in [4.78, 5) is 2.26. The number of halogens is 3. The van der Waals surface area contributed by atoms with Crippen LogP contribution >= 0.6 is 0 Å². The predicted octanol–water partition coefficient (Wildman–Crippen LogP) is 3.52. The van der Waals surface area contributed by atoms with E-state index in [9.17, 15) is 13.2 Å². The summed E-state index contributed by atoms with van der Waals surface area (Å²) in [6, 6.07) is 6.38. The maximum Gasteiger partial charge on any atom is 0.416 e. The van der Waals surface area contributed by atoms with Crippen LogP contribution in [-0.4, -0.2) is 30.1 Å². The molecule has 1 saturated heterocycles. The van der Waals surface area contributed by atoms with Crippen molar-refractivity contribution < 1.29 is 13.2 Å². The summed E-state index contributed by atoms with van der Waals surface area (Å²) >= 11 is 0. The molecule has 118 valence electrons. The lowest BCUT2D eigenvalue weighted by atomic mass is 9.99. The Morgan fingerprint density at radius 3 is 2.67 bits per heavy atom. The third-order valence-corrected chi connectivity index (χ3v) is 4.17. The minimum atomic E-state index is -4.27. The van der Waals surface area contributed by atoms with Crippen molar-refractivity contribution >= 4 is 0 Å². The Kier molecular flexibility index (Phi) is 4.94.